The third kappa shape index (κ3) is 4.19. The maximum absolute atomic E-state index is 11.3. The lowest BCUT2D eigenvalue weighted by atomic mass is 10.1. The van der Waals surface area contributed by atoms with Gasteiger partial charge in [-0.1, -0.05) is 25.8 Å². The Balaban J connectivity index is 2.30. The van der Waals surface area contributed by atoms with Crippen molar-refractivity contribution in [2.45, 2.75) is 40.0 Å². The molecule has 0 bridgehead atoms. The second kappa shape index (κ2) is 7.73. The van der Waals surface area contributed by atoms with Gasteiger partial charge in [-0.2, -0.15) is 0 Å². The largest absolute Gasteiger partial charge is 0.504 e. The van der Waals surface area contributed by atoms with Crippen molar-refractivity contribution < 1.29 is 19.4 Å². The zero-order chi connectivity index (χ0) is 17.7. The third-order valence-corrected chi connectivity index (χ3v) is 3.83. The molecule has 0 unspecified atom stereocenters. The molecule has 0 aliphatic carbocycles. The molecular weight excluding hydrogens is 308 g/mol. The van der Waals surface area contributed by atoms with Gasteiger partial charge in [-0.3, -0.25) is 0 Å². The number of aliphatic hydroxyl groups is 1. The van der Waals surface area contributed by atoms with Gasteiger partial charge < -0.3 is 19.4 Å². The first-order valence-corrected chi connectivity index (χ1v) is 7.94. The summed E-state index contributed by atoms with van der Waals surface area (Å²) in [6.45, 7) is 5.75. The first kappa shape index (κ1) is 17.7. The number of rotatable bonds is 6. The number of fused-ring (bicyclic) bond motifs is 1. The monoisotopic (exact) mass is 330 g/mol. The highest BCUT2D eigenvalue weighted by Gasteiger charge is 2.12. The second-order valence-electron chi connectivity index (χ2n) is 5.67. The standard InChI is InChI=1S/C19H22O5/c1-4-5-6-7-12(2)13(3)19(22)24-17-11-16-14(10-15(17)20)8-9-18(21)23-16/h7-11,20,22H,4-6H2,1-3H3/b12-7+,19-13+. The van der Waals surface area contributed by atoms with Crippen molar-refractivity contribution in [3.8, 4) is 11.5 Å². The van der Waals surface area contributed by atoms with Crippen LogP contribution in [-0.4, -0.2) is 10.2 Å². The molecule has 0 aliphatic rings. The molecule has 0 amide bonds. The quantitative estimate of drug-likeness (QED) is 0.344. The number of aromatic hydroxyl groups is 1. The highest BCUT2D eigenvalue weighted by Crippen LogP contribution is 2.32. The Morgan fingerprint density at radius 2 is 2.04 bits per heavy atom. The van der Waals surface area contributed by atoms with Gasteiger partial charge in [0.05, 0.1) is 0 Å². The Labute approximate surface area is 140 Å². The Kier molecular flexibility index (Phi) is 5.68. The number of ether oxygens (including phenoxy) is 1. The van der Waals surface area contributed by atoms with Crippen LogP contribution in [0.5, 0.6) is 11.5 Å². The van der Waals surface area contributed by atoms with E-state index in [-0.39, 0.29) is 23.0 Å². The highest BCUT2D eigenvalue weighted by atomic mass is 16.6. The lowest BCUT2D eigenvalue weighted by Crippen LogP contribution is -2.00. The first-order valence-electron chi connectivity index (χ1n) is 7.94. The number of phenols is 1. The van der Waals surface area contributed by atoms with Crippen LogP contribution in [0.4, 0.5) is 0 Å². The predicted molar refractivity (Wildman–Crippen MR) is 93.4 cm³/mol. The van der Waals surface area contributed by atoms with Gasteiger partial charge in [-0.25, -0.2) is 4.79 Å². The smallest absolute Gasteiger partial charge is 0.336 e. The van der Waals surface area contributed by atoms with E-state index in [0.29, 0.717) is 11.0 Å². The van der Waals surface area contributed by atoms with Gasteiger partial charge in [0.1, 0.15) is 5.58 Å². The molecule has 128 valence electrons. The highest BCUT2D eigenvalue weighted by molar-refractivity contribution is 5.80. The SMILES string of the molecule is CCCC/C=C(C)/C(C)=C(\O)Oc1cc2oc(=O)ccc2cc1O. The average molecular weight is 330 g/mol. The van der Waals surface area contributed by atoms with Crippen LogP contribution >= 0.6 is 0 Å². The van der Waals surface area contributed by atoms with Crippen molar-refractivity contribution in [1.82, 2.24) is 0 Å². The minimum Gasteiger partial charge on any atom is -0.504 e. The predicted octanol–water partition coefficient (Wildman–Crippen LogP) is 4.80. The van der Waals surface area contributed by atoms with E-state index >= 15 is 0 Å². The number of hydrogen-bond acceptors (Lipinski definition) is 5. The summed E-state index contributed by atoms with van der Waals surface area (Å²) in [5, 5.41) is 20.8. The summed E-state index contributed by atoms with van der Waals surface area (Å²) in [5.41, 5.74) is 1.27. The topological polar surface area (TPSA) is 79.9 Å². The van der Waals surface area contributed by atoms with Crippen LogP contribution in [0, 0.1) is 0 Å². The molecule has 1 aromatic heterocycles. The van der Waals surface area contributed by atoms with Gasteiger partial charge in [-0.05, 0) is 38.0 Å². The average Bonchev–Trinajstić information content (AvgIpc) is 2.55. The summed E-state index contributed by atoms with van der Waals surface area (Å²) in [6.07, 6.45) is 5.15. The normalized spacial score (nSPS) is 13.0. The Morgan fingerprint density at radius 3 is 2.75 bits per heavy atom. The maximum Gasteiger partial charge on any atom is 0.336 e. The van der Waals surface area contributed by atoms with Gasteiger partial charge in [-0.15, -0.1) is 0 Å². The van der Waals surface area contributed by atoms with E-state index in [0.717, 1.165) is 24.8 Å². The number of allylic oxidation sites excluding steroid dienone is 3. The molecule has 2 aromatic rings. The Bertz CT molecular complexity index is 842. The summed E-state index contributed by atoms with van der Waals surface area (Å²) in [6, 6.07) is 5.62. The van der Waals surface area contributed by atoms with Crippen LogP contribution in [-0.2, 0) is 0 Å². The molecule has 0 fully saturated rings. The molecule has 2 rings (SSSR count). The molecule has 24 heavy (non-hydrogen) atoms. The molecule has 0 spiro atoms. The zero-order valence-corrected chi connectivity index (χ0v) is 14.1. The van der Waals surface area contributed by atoms with E-state index in [4.69, 9.17) is 9.15 Å². The lowest BCUT2D eigenvalue weighted by molar-refractivity contribution is 0.198. The molecular formula is C19H22O5. The summed E-state index contributed by atoms with van der Waals surface area (Å²) in [4.78, 5) is 11.3. The second-order valence-corrected chi connectivity index (χ2v) is 5.67. The fraction of sp³-hybridized carbons (Fsp3) is 0.316. The van der Waals surface area contributed by atoms with E-state index in [2.05, 4.69) is 6.92 Å². The van der Waals surface area contributed by atoms with Crippen molar-refractivity contribution in [2.24, 2.45) is 0 Å². The van der Waals surface area contributed by atoms with E-state index in [9.17, 15) is 15.0 Å². The summed E-state index contributed by atoms with van der Waals surface area (Å²) < 4.78 is 10.4. The molecule has 0 atom stereocenters. The minimum absolute atomic E-state index is 0.0232. The van der Waals surface area contributed by atoms with Crippen LogP contribution < -0.4 is 10.4 Å². The molecule has 5 nitrogen and oxygen atoms in total. The van der Waals surface area contributed by atoms with Gasteiger partial charge in [0.25, 0.3) is 5.95 Å². The van der Waals surface area contributed by atoms with Crippen LogP contribution in [0.2, 0.25) is 0 Å². The van der Waals surface area contributed by atoms with E-state index < -0.39 is 5.63 Å². The van der Waals surface area contributed by atoms with Crippen LogP contribution in [0.15, 0.2) is 56.6 Å². The number of phenolic OH excluding ortho intramolecular Hbond substituents is 1. The van der Waals surface area contributed by atoms with Gasteiger partial charge >= 0.3 is 5.63 Å². The van der Waals surface area contributed by atoms with Gasteiger partial charge in [0.15, 0.2) is 11.5 Å². The van der Waals surface area contributed by atoms with Crippen molar-refractivity contribution in [3.63, 3.8) is 0 Å². The van der Waals surface area contributed by atoms with Crippen LogP contribution in [0.25, 0.3) is 11.0 Å². The molecule has 1 aromatic carbocycles. The van der Waals surface area contributed by atoms with Gasteiger partial charge in [0, 0.05) is 23.1 Å². The van der Waals surface area contributed by atoms with Crippen molar-refractivity contribution in [3.05, 3.63) is 57.9 Å². The van der Waals surface area contributed by atoms with Gasteiger partial charge in [0.2, 0.25) is 0 Å². The van der Waals surface area contributed by atoms with Crippen LogP contribution in [0.3, 0.4) is 0 Å². The minimum atomic E-state index is -0.496. The molecule has 1 heterocycles. The summed E-state index contributed by atoms with van der Waals surface area (Å²) in [7, 11) is 0. The fourth-order valence-corrected chi connectivity index (χ4v) is 2.19. The molecule has 0 aliphatic heterocycles. The number of hydrogen-bond donors (Lipinski definition) is 2. The fourth-order valence-electron chi connectivity index (χ4n) is 2.19. The lowest BCUT2D eigenvalue weighted by Gasteiger charge is -2.10. The molecule has 0 saturated carbocycles. The Morgan fingerprint density at radius 1 is 1.29 bits per heavy atom. The van der Waals surface area contributed by atoms with E-state index in [1.54, 1.807) is 13.0 Å². The van der Waals surface area contributed by atoms with Crippen molar-refractivity contribution >= 4 is 11.0 Å². The first-order chi connectivity index (χ1) is 11.4. The number of unbranched alkanes of at least 4 members (excludes halogenated alkanes) is 2. The van der Waals surface area contributed by atoms with Crippen molar-refractivity contribution in [1.29, 1.82) is 0 Å². The molecule has 2 N–H and O–H groups in total. The Hall–Kier alpha value is -2.69. The summed E-state index contributed by atoms with van der Waals surface area (Å²) in [5.74, 6) is -0.424. The molecule has 0 saturated heterocycles. The molecule has 5 heteroatoms. The number of aliphatic hydroxyl groups excluding tert-OH is 1. The third-order valence-electron chi connectivity index (χ3n) is 3.83. The zero-order valence-electron chi connectivity index (χ0n) is 14.1. The van der Waals surface area contributed by atoms with E-state index in [1.165, 1.54) is 18.2 Å². The summed E-state index contributed by atoms with van der Waals surface area (Å²) >= 11 is 0. The van der Waals surface area contributed by atoms with E-state index in [1.807, 2.05) is 13.0 Å². The number of benzene rings is 1. The van der Waals surface area contributed by atoms with Crippen LogP contribution in [0.1, 0.15) is 40.0 Å². The van der Waals surface area contributed by atoms with Crippen molar-refractivity contribution in [2.75, 3.05) is 0 Å². The molecule has 0 radical (unpaired) electrons. The maximum atomic E-state index is 11.3.